The van der Waals surface area contributed by atoms with Gasteiger partial charge in [0.25, 0.3) is 5.91 Å². The molecular formula is C26H24N4O2. The summed E-state index contributed by atoms with van der Waals surface area (Å²) < 4.78 is 9.39. The summed E-state index contributed by atoms with van der Waals surface area (Å²) in [4.78, 5) is 13.2. The molecule has 160 valence electrons. The molecule has 2 aromatic carbocycles. The van der Waals surface area contributed by atoms with Crippen LogP contribution in [0.1, 0.15) is 32.7 Å². The minimum absolute atomic E-state index is 0.194. The predicted molar refractivity (Wildman–Crippen MR) is 125 cm³/mol. The Morgan fingerprint density at radius 1 is 1.03 bits per heavy atom. The highest BCUT2D eigenvalue weighted by atomic mass is 16.3. The van der Waals surface area contributed by atoms with Crippen molar-refractivity contribution < 1.29 is 9.21 Å². The van der Waals surface area contributed by atoms with Gasteiger partial charge in [-0.15, -0.1) is 0 Å². The lowest BCUT2D eigenvalue weighted by Gasteiger charge is -2.12. The molecule has 32 heavy (non-hydrogen) atoms. The molecule has 0 saturated heterocycles. The number of aryl methyl sites for hydroxylation is 2. The first kappa shape index (κ1) is 19.9. The van der Waals surface area contributed by atoms with Gasteiger partial charge in [0, 0.05) is 24.9 Å². The maximum absolute atomic E-state index is 13.2. The Balaban J connectivity index is 1.38. The van der Waals surface area contributed by atoms with Gasteiger partial charge in [-0.3, -0.25) is 9.48 Å². The highest BCUT2D eigenvalue weighted by molar-refractivity contribution is 6.05. The molecule has 1 amide bonds. The van der Waals surface area contributed by atoms with E-state index in [1.807, 2.05) is 39.7 Å². The molecule has 0 unspecified atom stereocenters. The topological polar surface area (TPSA) is 65.0 Å². The maximum Gasteiger partial charge on any atom is 0.272 e. The van der Waals surface area contributed by atoms with Gasteiger partial charge in [-0.1, -0.05) is 54.1 Å². The average molecular weight is 425 g/mol. The van der Waals surface area contributed by atoms with Gasteiger partial charge in [0.05, 0.1) is 30.2 Å². The third-order valence-corrected chi connectivity index (χ3v) is 5.66. The molecule has 0 radical (unpaired) electrons. The Kier molecular flexibility index (Phi) is 5.11. The van der Waals surface area contributed by atoms with Crippen molar-refractivity contribution in [3.63, 3.8) is 0 Å². The Morgan fingerprint density at radius 3 is 2.75 bits per heavy atom. The van der Waals surface area contributed by atoms with E-state index in [0.29, 0.717) is 30.1 Å². The SMILES string of the molecule is Cc1cccc(Cn2cc(NC(=O)c3cc4occc4n3Cc3ccccc3C)cn2)c1. The smallest absolute Gasteiger partial charge is 0.272 e. The van der Waals surface area contributed by atoms with Gasteiger partial charge < -0.3 is 14.3 Å². The number of anilines is 1. The Bertz CT molecular complexity index is 1410. The first-order chi connectivity index (χ1) is 15.6. The van der Waals surface area contributed by atoms with Gasteiger partial charge in [0.15, 0.2) is 5.58 Å². The van der Waals surface area contributed by atoms with Crippen LogP contribution in [0.5, 0.6) is 0 Å². The third-order valence-electron chi connectivity index (χ3n) is 5.66. The third kappa shape index (κ3) is 3.95. The number of nitrogens with zero attached hydrogens (tertiary/aromatic N) is 3. The Hall–Kier alpha value is -4.06. The predicted octanol–water partition coefficient (Wildman–Crippen LogP) is 5.40. The monoisotopic (exact) mass is 424 g/mol. The zero-order chi connectivity index (χ0) is 22.1. The first-order valence-electron chi connectivity index (χ1n) is 10.6. The van der Waals surface area contributed by atoms with Crippen LogP contribution in [-0.4, -0.2) is 20.3 Å². The van der Waals surface area contributed by atoms with Crippen molar-refractivity contribution in [2.45, 2.75) is 26.9 Å². The van der Waals surface area contributed by atoms with Crippen LogP contribution in [0.15, 0.2) is 83.7 Å². The molecule has 0 saturated carbocycles. The van der Waals surface area contributed by atoms with E-state index in [0.717, 1.165) is 11.1 Å². The van der Waals surface area contributed by atoms with Crippen LogP contribution in [0.3, 0.4) is 0 Å². The van der Waals surface area contributed by atoms with Crippen LogP contribution in [0.4, 0.5) is 5.69 Å². The van der Waals surface area contributed by atoms with Crippen molar-refractivity contribution >= 4 is 22.7 Å². The normalized spacial score (nSPS) is 11.2. The molecule has 0 aliphatic rings. The summed E-state index contributed by atoms with van der Waals surface area (Å²) in [5, 5.41) is 7.38. The molecule has 6 heteroatoms. The molecule has 0 fully saturated rings. The van der Waals surface area contributed by atoms with Gasteiger partial charge in [-0.05, 0) is 30.5 Å². The van der Waals surface area contributed by atoms with Crippen molar-refractivity contribution in [1.82, 2.24) is 14.3 Å². The molecule has 6 nitrogen and oxygen atoms in total. The molecular weight excluding hydrogens is 400 g/mol. The fourth-order valence-corrected chi connectivity index (χ4v) is 4.00. The number of nitrogens with one attached hydrogen (secondary N) is 1. The van der Waals surface area contributed by atoms with Crippen LogP contribution < -0.4 is 5.32 Å². The van der Waals surface area contributed by atoms with Gasteiger partial charge >= 0.3 is 0 Å². The van der Waals surface area contributed by atoms with Crippen molar-refractivity contribution in [2.75, 3.05) is 5.32 Å². The minimum atomic E-state index is -0.194. The largest absolute Gasteiger partial charge is 0.463 e. The van der Waals surface area contributed by atoms with E-state index in [9.17, 15) is 4.79 Å². The quantitative estimate of drug-likeness (QED) is 0.397. The van der Waals surface area contributed by atoms with E-state index in [2.05, 4.69) is 54.6 Å². The Labute approximate surface area is 186 Å². The molecule has 1 N–H and O–H groups in total. The number of carbonyl (C=O) groups excluding carboxylic acids is 1. The number of rotatable bonds is 6. The highest BCUT2D eigenvalue weighted by Crippen LogP contribution is 2.24. The van der Waals surface area contributed by atoms with Crippen LogP contribution in [0.25, 0.3) is 11.1 Å². The fourth-order valence-electron chi connectivity index (χ4n) is 4.00. The summed E-state index contributed by atoms with van der Waals surface area (Å²) in [5.74, 6) is -0.194. The number of aromatic nitrogens is 3. The second kappa shape index (κ2) is 8.23. The molecule has 0 aliphatic heterocycles. The molecule has 3 heterocycles. The summed E-state index contributed by atoms with van der Waals surface area (Å²) in [6.07, 6.45) is 5.17. The number of hydrogen-bond donors (Lipinski definition) is 1. The van der Waals surface area contributed by atoms with Gasteiger partial charge in [-0.2, -0.15) is 5.10 Å². The van der Waals surface area contributed by atoms with E-state index < -0.39 is 0 Å². The average Bonchev–Trinajstić information content (AvgIpc) is 3.47. The maximum atomic E-state index is 13.2. The number of carbonyl (C=O) groups is 1. The van der Waals surface area contributed by atoms with Crippen molar-refractivity contribution in [2.24, 2.45) is 0 Å². The summed E-state index contributed by atoms with van der Waals surface area (Å²) >= 11 is 0. The van der Waals surface area contributed by atoms with Crippen molar-refractivity contribution in [1.29, 1.82) is 0 Å². The molecule has 5 aromatic rings. The van der Waals surface area contributed by atoms with Crippen LogP contribution in [0.2, 0.25) is 0 Å². The van der Waals surface area contributed by atoms with Crippen molar-refractivity contribution in [3.05, 3.63) is 107 Å². The van der Waals surface area contributed by atoms with E-state index in [1.165, 1.54) is 16.7 Å². The minimum Gasteiger partial charge on any atom is -0.463 e. The number of benzene rings is 2. The number of furan rings is 1. The van der Waals surface area contributed by atoms with Crippen molar-refractivity contribution in [3.8, 4) is 0 Å². The summed E-state index contributed by atoms with van der Waals surface area (Å²) in [5.41, 5.74) is 7.51. The van der Waals surface area contributed by atoms with Crippen LogP contribution in [0, 0.1) is 13.8 Å². The molecule has 5 rings (SSSR count). The van der Waals surface area contributed by atoms with Gasteiger partial charge in [-0.25, -0.2) is 0 Å². The lowest BCUT2D eigenvalue weighted by atomic mass is 10.1. The molecule has 3 aromatic heterocycles. The molecule has 0 atom stereocenters. The highest BCUT2D eigenvalue weighted by Gasteiger charge is 2.19. The molecule has 0 aliphatic carbocycles. The van der Waals surface area contributed by atoms with E-state index in [4.69, 9.17) is 4.42 Å². The van der Waals surface area contributed by atoms with E-state index in [1.54, 1.807) is 18.5 Å². The lowest BCUT2D eigenvalue weighted by molar-refractivity contribution is 0.101. The molecule has 0 bridgehead atoms. The van der Waals surface area contributed by atoms with Gasteiger partial charge in [0.1, 0.15) is 5.69 Å². The van der Waals surface area contributed by atoms with Crippen LogP contribution in [-0.2, 0) is 13.1 Å². The standard InChI is InChI=1S/C26H24N4O2/c1-18-6-5-8-20(12-18)15-29-17-22(14-27-29)28-26(31)24-13-25-23(10-11-32-25)30(24)16-21-9-4-3-7-19(21)2/h3-14,17H,15-16H2,1-2H3,(H,28,31). The fraction of sp³-hybridized carbons (Fsp3) is 0.154. The second-order valence-corrected chi connectivity index (χ2v) is 8.08. The summed E-state index contributed by atoms with van der Waals surface area (Å²) in [7, 11) is 0. The zero-order valence-corrected chi connectivity index (χ0v) is 18.1. The summed E-state index contributed by atoms with van der Waals surface area (Å²) in [6.45, 7) is 5.38. The summed E-state index contributed by atoms with van der Waals surface area (Å²) in [6, 6.07) is 20.2. The zero-order valence-electron chi connectivity index (χ0n) is 18.1. The Morgan fingerprint density at radius 2 is 1.91 bits per heavy atom. The molecule has 0 spiro atoms. The van der Waals surface area contributed by atoms with E-state index >= 15 is 0 Å². The number of hydrogen-bond acceptors (Lipinski definition) is 3. The number of fused-ring (bicyclic) bond motifs is 1. The van der Waals surface area contributed by atoms with E-state index in [-0.39, 0.29) is 5.91 Å². The van der Waals surface area contributed by atoms with Crippen LogP contribution >= 0.6 is 0 Å². The number of amides is 1. The van der Waals surface area contributed by atoms with Gasteiger partial charge in [0.2, 0.25) is 0 Å². The first-order valence-corrected chi connectivity index (χ1v) is 10.6. The second-order valence-electron chi connectivity index (χ2n) is 8.08. The lowest BCUT2D eigenvalue weighted by Crippen LogP contribution is -2.17.